The maximum Gasteiger partial charge on any atom is 0.135 e. The van der Waals surface area contributed by atoms with Crippen LogP contribution in [-0.2, 0) is 10.8 Å². The molecule has 0 spiro atoms. The molecule has 386 valence electrons. The average molecular weight is 1070 g/mol. The molecule has 0 saturated heterocycles. The summed E-state index contributed by atoms with van der Waals surface area (Å²) in [6.45, 7) is 12.9. The summed E-state index contributed by atoms with van der Waals surface area (Å²) < 4.78 is 85.5. The summed E-state index contributed by atoms with van der Waals surface area (Å²) in [5, 5.41) is 1.02. The highest BCUT2D eigenvalue weighted by Gasteiger charge is 2.30. The van der Waals surface area contributed by atoms with E-state index in [-0.39, 0.29) is 86.7 Å². The first-order valence-electron chi connectivity index (χ1n) is 30.4. The Morgan fingerprint density at radius 2 is 0.734 bits per heavy atom. The van der Waals surface area contributed by atoms with Crippen LogP contribution >= 0.6 is 23.2 Å². The van der Waals surface area contributed by atoms with Crippen molar-refractivity contribution in [2.75, 3.05) is 9.80 Å². The molecule has 12 aromatic rings. The molecule has 0 unspecified atom stereocenters. The zero-order valence-electron chi connectivity index (χ0n) is 52.7. The van der Waals surface area contributed by atoms with Gasteiger partial charge in [0.15, 0.2) is 0 Å². The van der Waals surface area contributed by atoms with Gasteiger partial charge in [-0.05, 0) is 152 Å². The predicted octanol–water partition coefficient (Wildman–Crippen LogP) is 22.8. The fourth-order valence-electron chi connectivity index (χ4n) is 10.4. The van der Waals surface area contributed by atoms with Crippen LogP contribution in [0.15, 0.2) is 259 Å². The van der Waals surface area contributed by atoms with E-state index in [9.17, 15) is 8.22 Å². The maximum absolute atomic E-state index is 11.0. The zero-order valence-corrected chi connectivity index (χ0v) is 46.2. The van der Waals surface area contributed by atoms with E-state index in [4.69, 9.17) is 30.4 Å². The van der Waals surface area contributed by atoms with Gasteiger partial charge in [-0.3, -0.25) is 0 Å². The van der Waals surface area contributed by atoms with Gasteiger partial charge in [-0.2, -0.15) is 0 Å². The van der Waals surface area contributed by atoms with Gasteiger partial charge < -0.3 is 14.2 Å². The first-order chi connectivity index (χ1) is 41.6. The van der Waals surface area contributed by atoms with E-state index in [1.54, 1.807) is 15.9 Å². The van der Waals surface area contributed by atoms with E-state index < -0.39 is 10.8 Å². The Morgan fingerprint density at radius 1 is 0.354 bits per heavy atom. The van der Waals surface area contributed by atoms with E-state index in [1.165, 1.54) is 12.1 Å². The van der Waals surface area contributed by atoms with Gasteiger partial charge in [0.25, 0.3) is 0 Å². The highest BCUT2D eigenvalue weighted by molar-refractivity contribution is 6.31. The largest absolute Gasteiger partial charge is 0.456 e. The number of furan rings is 1. The lowest BCUT2D eigenvalue weighted by atomic mass is 9.81. The number of benzene rings is 11. The molecular weight excluding hydrogens is 1000 g/mol. The lowest BCUT2D eigenvalue weighted by Crippen LogP contribution is -2.18. The van der Waals surface area contributed by atoms with Gasteiger partial charge in [0.05, 0.1) is 22.3 Å². The molecule has 12 rings (SSSR count). The van der Waals surface area contributed by atoms with Crippen molar-refractivity contribution >= 4 is 79.3 Å². The van der Waals surface area contributed by atoms with Gasteiger partial charge in [0, 0.05) is 65.8 Å². The Hall–Kier alpha value is -8.60. The normalized spacial score (nSPS) is 13.2. The lowest BCUT2D eigenvalue weighted by molar-refractivity contribution is 0.590. The highest BCUT2D eigenvalue weighted by atomic mass is 35.5. The second kappa shape index (κ2) is 21.0. The number of fused-ring (bicyclic) bond motifs is 3. The molecule has 0 atom stereocenters. The van der Waals surface area contributed by atoms with Crippen LogP contribution in [0.1, 0.15) is 63.6 Å². The number of hydrogen-bond acceptors (Lipinski definition) is 3. The summed E-state index contributed by atoms with van der Waals surface area (Å²) >= 11 is 14.2. The zero-order chi connectivity index (χ0) is 61.4. The molecule has 79 heavy (non-hydrogen) atoms. The summed E-state index contributed by atoms with van der Waals surface area (Å²) in [5.74, 6) is 0. The quantitative estimate of drug-likeness (QED) is 0.129. The second-order valence-corrected chi connectivity index (χ2v) is 22.6. The fraction of sp³-hybridized carbons (Fsp3) is 0.108. The van der Waals surface area contributed by atoms with Crippen LogP contribution in [0, 0.1) is 0 Å². The Bertz CT molecular complexity index is 4300. The van der Waals surface area contributed by atoms with E-state index in [1.807, 2.05) is 164 Å². The van der Waals surface area contributed by atoms with Crippen molar-refractivity contribution in [3.05, 3.63) is 276 Å². The number of rotatable bonds is 11. The summed E-state index contributed by atoms with van der Waals surface area (Å²) in [4.78, 5) is 3.58. The molecule has 0 aliphatic carbocycles. The van der Waals surface area contributed by atoms with Gasteiger partial charge in [-0.1, -0.05) is 222 Å². The Labute approximate surface area is 485 Å². The van der Waals surface area contributed by atoms with Crippen molar-refractivity contribution in [3.63, 3.8) is 0 Å². The summed E-state index contributed by atoms with van der Waals surface area (Å²) in [5.41, 5.74) is 10.5. The molecule has 1 aromatic heterocycles. The van der Waals surface area contributed by atoms with E-state index >= 15 is 0 Å². The van der Waals surface area contributed by atoms with E-state index in [2.05, 4.69) is 65.8 Å². The van der Waals surface area contributed by atoms with Crippen LogP contribution in [0.3, 0.4) is 0 Å². The second-order valence-electron chi connectivity index (χ2n) is 21.8. The highest BCUT2D eigenvalue weighted by Crippen LogP contribution is 2.54. The van der Waals surface area contributed by atoms with Crippen LogP contribution in [0.4, 0.5) is 34.1 Å². The van der Waals surface area contributed by atoms with Crippen LogP contribution in [0.2, 0.25) is 10.0 Å². The first-order valence-corrected chi connectivity index (χ1v) is 27.1. The molecule has 5 heteroatoms. The van der Waals surface area contributed by atoms with Crippen LogP contribution in [-0.4, -0.2) is 0 Å². The summed E-state index contributed by atoms with van der Waals surface area (Å²) in [6, 6.07) is 63.9. The molecule has 0 radical (unpaired) electrons. The third-order valence-corrected chi connectivity index (χ3v) is 14.8. The number of nitrogens with zero attached hydrogens (tertiary/aromatic N) is 2. The number of anilines is 6. The Balaban J connectivity index is 1.34. The van der Waals surface area contributed by atoms with Crippen LogP contribution in [0.25, 0.3) is 77.6 Å². The molecule has 0 saturated carbocycles. The molecule has 0 N–H and O–H groups in total. The molecule has 11 aromatic carbocycles. The fourth-order valence-corrected chi connectivity index (χ4v) is 10.7. The predicted molar refractivity (Wildman–Crippen MR) is 338 cm³/mol. The minimum absolute atomic E-state index is 0.0746. The van der Waals surface area contributed by atoms with E-state index in [0.29, 0.717) is 50.4 Å². The van der Waals surface area contributed by atoms with E-state index in [0.717, 1.165) is 44.2 Å². The van der Waals surface area contributed by atoms with Crippen molar-refractivity contribution in [3.8, 4) is 55.6 Å². The molecule has 3 nitrogen and oxygen atoms in total. The average Bonchev–Trinajstić information content (AvgIpc) is 1.09. The van der Waals surface area contributed by atoms with Crippen molar-refractivity contribution in [2.24, 2.45) is 0 Å². The lowest BCUT2D eigenvalue weighted by Gasteiger charge is -2.35. The summed E-state index contributed by atoms with van der Waals surface area (Å²) in [6.07, 6.45) is 0. The molecule has 0 aliphatic heterocycles. The number of hydrogen-bond donors (Lipinski definition) is 0. The van der Waals surface area contributed by atoms with Crippen LogP contribution < -0.4 is 9.80 Å². The molecule has 0 amide bonds. The van der Waals surface area contributed by atoms with Gasteiger partial charge in [0.1, 0.15) is 11.2 Å². The maximum atomic E-state index is 11.0. The Morgan fingerprint density at radius 3 is 1.14 bits per heavy atom. The van der Waals surface area contributed by atoms with Crippen molar-refractivity contribution in [1.82, 2.24) is 0 Å². The molecule has 0 fully saturated rings. The standard InChI is InChI=1S/C74H60Cl2N2O/c1-73(2,3)55-42-64(49-23-11-7-12-24-49)71(65(43-55)50-25-13-8-14-26-50)77(59-33-21-31-57(75)46-59)61-39-54(53-37-38-70-68(41-53)63-35-19-20-36-69(63)79-70)40-62(48-61)78(60-34-22-32-58(76)47-60)72-66(51-27-15-9-16-28-51)44-56(74(4,5)6)45-67(72)52-29-17-10-18-30-52/h7-48H,1-6H3/i21D,22D,31D,32D,39D,40D,46D,47D. The van der Waals surface area contributed by atoms with Crippen molar-refractivity contribution in [1.29, 1.82) is 0 Å². The number of para-hydroxylation sites is 1. The van der Waals surface area contributed by atoms with Crippen molar-refractivity contribution in [2.45, 2.75) is 52.4 Å². The minimum atomic E-state index is -0.401. The third kappa shape index (κ3) is 10.2. The molecular formula is C74H60Cl2N2O. The van der Waals surface area contributed by atoms with Gasteiger partial charge >= 0.3 is 0 Å². The summed E-state index contributed by atoms with van der Waals surface area (Å²) in [7, 11) is 0. The number of halogens is 2. The SMILES string of the molecule is [2H]c1cc(N(c2cc(N(c3cc([2H])c([2H])c(Cl)c3[2H])c3c(-c4ccccc4)cc(C(C)(C)C)cc3-c3ccccc3)c([2H])c(-c3ccc4oc5ccccc5c4c3)c2[2H])c2c(-c3ccccc3)cc(C(C)(C)C)cc2-c2ccccc2)c([2H])c(Cl)c1[2H]. The first kappa shape index (κ1) is 42.4. The van der Waals surface area contributed by atoms with Crippen LogP contribution in [0.5, 0.6) is 0 Å². The van der Waals surface area contributed by atoms with Gasteiger partial charge in [-0.25, -0.2) is 0 Å². The van der Waals surface area contributed by atoms with Crippen molar-refractivity contribution < 1.29 is 15.4 Å². The van der Waals surface area contributed by atoms with Gasteiger partial charge in [0.2, 0.25) is 0 Å². The topological polar surface area (TPSA) is 19.6 Å². The Kier molecular flexibility index (Phi) is 11.3. The third-order valence-electron chi connectivity index (χ3n) is 14.4. The molecule has 0 aliphatic rings. The molecule has 0 bridgehead atoms. The van der Waals surface area contributed by atoms with Gasteiger partial charge in [-0.15, -0.1) is 0 Å². The smallest absolute Gasteiger partial charge is 0.135 e. The molecule has 1 heterocycles. The monoisotopic (exact) mass is 1070 g/mol. The minimum Gasteiger partial charge on any atom is -0.456 e.